The molecule has 23 heavy (non-hydrogen) atoms. The summed E-state index contributed by atoms with van der Waals surface area (Å²) in [5.41, 5.74) is 5.85. The molecule has 1 rings (SSSR count). The van der Waals surface area contributed by atoms with Gasteiger partial charge in [-0.3, -0.25) is 9.69 Å². The van der Waals surface area contributed by atoms with Crippen LogP contribution in [0.5, 0.6) is 0 Å². The van der Waals surface area contributed by atoms with E-state index in [4.69, 9.17) is 10.5 Å². The Bertz CT molecular complexity index is 509. The van der Waals surface area contributed by atoms with Crippen molar-refractivity contribution in [2.75, 3.05) is 0 Å². The normalized spacial score (nSPS) is 12.5. The van der Waals surface area contributed by atoms with Gasteiger partial charge in [-0.2, -0.15) is 0 Å². The van der Waals surface area contributed by atoms with Crippen LogP contribution in [-0.4, -0.2) is 28.5 Å². The maximum Gasteiger partial charge on any atom is 0.411 e. The fourth-order valence-corrected chi connectivity index (χ4v) is 2.25. The van der Waals surface area contributed by atoms with Gasteiger partial charge < -0.3 is 10.5 Å². The molecule has 5 heteroatoms. The molecular weight excluding hydrogens is 292 g/mol. The van der Waals surface area contributed by atoms with Gasteiger partial charge in [-0.15, -0.1) is 0 Å². The topological polar surface area (TPSA) is 72.6 Å². The molecule has 0 fully saturated rings. The zero-order chi connectivity index (χ0) is 17.5. The number of amides is 2. The first-order valence-corrected chi connectivity index (χ1v) is 8.07. The van der Waals surface area contributed by atoms with Crippen LogP contribution < -0.4 is 5.73 Å². The van der Waals surface area contributed by atoms with Gasteiger partial charge in [0.1, 0.15) is 11.6 Å². The predicted molar refractivity (Wildman–Crippen MR) is 90.7 cm³/mol. The maximum atomic E-state index is 12.6. The van der Waals surface area contributed by atoms with E-state index in [1.807, 2.05) is 37.3 Å². The van der Waals surface area contributed by atoms with Crippen molar-refractivity contribution in [2.24, 2.45) is 5.73 Å². The fourth-order valence-electron chi connectivity index (χ4n) is 2.25. The van der Waals surface area contributed by atoms with Gasteiger partial charge in [-0.1, -0.05) is 50.1 Å². The summed E-state index contributed by atoms with van der Waals surface area (Å²) in [6.07, 6.45) is 1.78. The van der Waals surface area contributed by atoms with E-state index in [1.165, 1.54) is 4.90 Å². The minimum Gasteiger partial charge on any atom is -0.444 e. The molecule has 1 aromatic carbocycles. The molecule has 2 N–H and O–H groups in total. The van der Waals surface area contributed by atoms with E-state index in [2.05, 4.69) is 0 Å². The van der Waals surface area contributed by atoms with Crippen molar-refractivity contribution in [3.8, 4) is 0 Å². The molecule has 0 saturated heterocycles. The van der Waals surface area contributed by atoms with Crippen LogP contribution >= 0.6 is 0 Å². The number of carbonyl (C=O) groups excluding carboxylic acids is 2. The number of nitrogens with zero attached hydrogens (tertiary/aromatic N) is 1. The molecule has 1 aromatic rings. The van der Waals surface area contributed by atoms with Crippen molar-refractivity contribution in [1.29, 1.82) is 0 Å². The Labute approximate surface area is 138 Å². The molecule has 0 aliphatic rings. The summed E-state index contributed by atoms with van der Waals surface area (Å²) in [4.78, 5) is 25.9. The minimum absolute atomic E-state index is 0.299. The van der Waals surface area contributed by atoms with E-state index >= 15 is 0 Å². The molecule has 5 nitrogen and oxygen atoms in total. The molecule has 2 amide bonds. The first-order chi connectivity index (χ1) is 10.7. The van der Waals surface area contributed by atoms with E-state index in [-0.39, 0.29) is 0 Å². The monoisotopic (exact) mass is 320 g/mol. The number of hydrogen-bond donors (Lipinski definition) is 1. The highest BCUT2D eigenvalue weighted by molar-refractivity contribution is 5.84. The molecule has 0 aliphatic heterocycles. The highest BCUT2D eigenvalue weighted by Gasteiger charge is 2.31. The molecule has 0 heterocycles. The number of hydrogen-bond acceptors (Lipinski definition) is 3. The van der Waals surface area contributed by atoms with Crippen LogP contribution in [0.4, 0.5) is 4.79 Å². The molecule has 0 unspecified atom stereocenters. The Kier molecular flexibility index (Phi) is 7.07. The van der Waals surface area contributed by atoms with Crippen molar-refractivity contribution < 1.29 is 14.3 Å². The van der Waals surface area contributed by atoms with Gasteiger partial charge in [0, 0.05) is 6.54 Å². The zero-order valence-corrected chi connectivity index (χ0v) is 14.5. The summed E-state index contributed by atoms with van der Waals surface area (Å²) in [6, 6.07) is 8.86. The lowest BCUT2D eigenvalue weighted by molar-refractivity contribution is -0.123. The van der Waals surface area contributed by atoms with Gasteiger partial charge in [0.05, 0.1) is 0 Å². The van der Waals surface area contributed by atoms with Crippen molar-refractivity contribution in [3.63, 3.8) is 0 Å². The largest absolute Gasteiger partial charge is 0.444 e. The molecule has 0 bridgehead atoms. The number of nitrogens with two attached hydrogens (primary N) is 1. The third kappa shape index (κ3) is 6.72. The first-order valence-electron chi connectivity index (χ1n) is 8.07. The number of carbonyl (C=O) groups is 2. The number of ether oxygens (including phenoxy) is 1. The summed E-state index contributed by atoms with van der Waals surface area (Å²) in [5, 5.41) is 0. The first kappa shape index (κ1) is 19.0. The van der Waals surface area contributed by atoms with Gasteiger partial charge in [0.2, 0.25) is 5.91 Å². The molecular formula is C18H28N2O3. The third-order valence-corrected chi connectivity index (χ3v) is 3.36. The summed E-state index contributed by atoms with van der Waals surface area (Å²) >= 11 is 0. The van der Waals surface area contributed by atoms with Crippen LogP contribution in [0, 0.1) is 0 Å². The van der Waals surface area contributed by atoms with E-state index in [0.717, 1.165) is 18.4 Å². The lowest BCUT2D eigenvalue weighted by atomic mass is 10.1. The average molecular weight is 320 g/mol. The van der Waals surface area contributed by atoms with Crippen LogP contribution in [0.2, 0.25) is 0 Å². The van der Waals surface area contributed by atoms with Gasteiger partial charge >= 0.3 is 6.09 Å². The SMILES string of the molecule is CCCC[C@@H](C(N)=O)N(Cc1ccccc1)C(=O)OC(C)(C)C. The van der Waals surface area contributed by atoms with E-state index in [0.29, 0.717) is 13.0 Å². The average Bonchev–Trinajstić information content (AvgIpc) is 2.45. The van der Waals surface area contributed by atoms with E-state index in [9.17, 15) is 9.59 Å². The quantitative estimate of drug-likeness (QED) is 0.836. The maximum absolute atomic E-state index is 12.6. The lowest BCUT2D eigenvalue weighted by Gasteiger charge is -2.32. The number of benzene rings is 1. The minimum atomic E-state index is -0.662. The summed E-state index contributed by atoms with van der Waals surface area (Å²) < 4.78 is 5.46. The van der Waals surface area contributed by atoms with Gasteiger partial charge in [-0.05, 0) is 32.8 Å². The number of primary amides is 1. The van der Waals surface area contributed by atoms with E-state index < -0.39 is 23.6 Å². The zero-order valence-electron chi connectivity index (χ0n) is 14.5. The molecule has 0 saturated carbocycles. The molecule has 1 atom stereocenters. The lowest BCUT2D eigenvalue weighted by Crippen LogP contribution is -2.49. The van der Waals surface area contributed by atoms with Crippen molar-refractivity contribution >= 4 is 12.0 Å². The second-order valence-electron chi connectivity index (χ2n) is 6.65. The fraction of sp³-hybridized carbons (Fsp3) is 0.556. The molecule has 0 radical (unpaired) electrons. The van der Waals surface area contributed by atoms with Crippen LogP contribution in [0.1, 0.15) is 52.5 Å². The highest BCUT2D eigenvalue weighted by Crippen LogP contribution is 2.18. The van der Waals surface area contributed by atoms with Crippen LogP contribution in [0.25, 0.3) is 0 Å². The highest BCUT2D eigenvalue weighted by atomic mass is 16.6. The van der Waals surface area contributed by atoms with Crippen LogP contribution in [-0.2, 0) is 16.1 Å². The standard InChI is InChI=1S/C18H28N2O3/c1-5-6-12-15(16(19)21)20(17(22)23-18(2,3)4)13-14-10-8-7-9-11-14/h7-11,15H,5-6,12-13H2,1-4H3,(H2,19,21)/t15-/m0/s1. The predicted octanol–water partition coefficient (Wildman–Crippen LogP) is 3.47. The Morgan fingerprint density at radius 3 is 2.30 bits per heavy atom. The van der Waals surface area contributed by atoms with Crippen molar-refractivity contribution in [1.82, 2.24) is 4.90 Å². The number of unbranched alkanes of at least 4 members (excludes halogenated alkanes) is 1. The second-order valence-corrected chi connectivity index (χ2v) is 6.65. The van der Waals surface area contributed by atoms with Gasteiger partial charge in [-0.25, -0.2) is 4.79 Å². The Morgan fingerprint density at radius 1 is 1.22 bits per heavy atom. The molecule has 128 valence electrons. The Hall–Kier alpha value is -2.04. The summed E-state index contributed by atoms with van der Waals surface area (Å²) in [7, 11) is 0. The summed E-state index contributed by atoms with van der Waals surface area (Å²) in [6.45, 7) is 7.74. The smallest absolute Gasteiger partial charge is 0.411 e. The summed E-state index contributed by atoms with van der Waals surface area (Å²) in [5.74, 6) is -0.500. The molecule has 0 spiro atoms. The van der Waals surface area contributed by atoms with Crippen LogP contribution in [0.3, 0.4) is 0 Å². The van der Waals surface area contributed by atoms with Crippen LogP contribution in [0.15, 0.2) is 30.3 Å². The molecule has 0 aliphatic carbocycles. The Balaban J connectivity index is 3.02. The third-order valence-electron chi connectivity index (χ3n) is 3.36. The Morgan fingerprint density at radius 2 is 1.83 bits per heavy atom. The van der Waals surface area contributed by atoms with Gasteiger partial charge in [0.15, 0.2) is 0 Å². The van der Waals surface area contributed by atoms with Gasteiger partial charge in [0.25, 0.3) is 0 Å². The number of rotatable bonds is 7. The van der Waals surface area contributed by atoms with E-state index in [1.54, 1.807) is 20.8 Å². The molecule has 0 aromatic heterocycles. The second kappa shape index (κ2) is 8.56. The van der Waals surface area contributed by atoms with Crippen molar-refractivity contribution in [2.45, 2.75) is 65.1 Å². The van der Waals surface area contributed by atoms with Crippen molar-refractivity contribution in [3.05, 3.63) is 35.9 Å².